The molecule has 0 aliphatic heterocycles. The lowest BCUT2D eigenvalue weighted by Crippen LogP contribution is -2.32. The van der Waals surface area contributed by atoms with E-state index in [2.05, 4.69) is 13.8 Å². The van der Waals surface area contributed by atoms with E-state index >= 15 is 0 Å². The van der Waals surface area contributed by atoms with Crippen LogP contribution in [0.15, 0.2) is 0 Å². The van der Waals surface area contributed by atoms with Crippen molar-refractivity contribution in [3.63, 3.8) is 0 Å². The van der Waals surface area contributed by atoms with Crippen LogP contribution in [0.2, 0.25) is 0 Å². The number of hydrogen-bond acceptors (Lipinski definition) is 3. The van der Waals surface area contributed by atoms with Crippen LogP contribution in [-0.4, -0.2) is 22.6 Å². The summed E-state index contributed by atoms with van der Waals surface area (Å²) in [6.07, 6.45) is 17.2. The molecule has 0 aliphatic rings. The molecule has 4 nitrogen and oxygen atoms in total. The highest BCUT2D eigenvalue weighted by Gasteiger charge is 2.28. The number of carboxylic acids is 1. The lowest BCUT2D eigenvalue weighted by atomic mass is 9.91. The van der Waals surface area contributed by atoms with Gasteiger partial charge in [-0.15, -0.1) is 0 Å². The van der Waals surface area contributed by atoms with Gasteiger partial charge in [-0.2, -0.15) is 0 Å². The predicted octanol–water partition coefficient (Wildman–Crippen LogP) is 6.65. The van der Waals surface area contributed by atoms with Crippen LogP contribution >= 0.6 is 0 Å². The summed E-state index contributed by atoms with van der Waals surface area (Å²) in [4.78, 5) is 22.5. The summed E-state index contributed by atoms with van der Waals surface area (Å²) >= 11 is 0. The molecule has 0 rings (SSSR count). The second-order valence-electron chi connectivity index (χ2n) is 7.88. The van der Waals surface area contributed by atoms with Gasteiger partial charge in [0.1, 0.15) is 12.0 Å². The van der Waals surface area contributed by atoms with Crippen LogP contribution < -0.4 is 0 Å². The topological polar surface area (TPSA) is 63.6 Å². The first-order valence-electron chi connectivity index (χ1n) is 10.9. The molecule has 1 unspecified atom stereocenters. The molecule has 0 aromatic heterocycles. The number of esters is 1. The molecule has 0 spiro atoms. The number of rotatable bonds is 18. The monoisotopic (exact) mass is 370 g/mol. The van der Waals surface area contributed by atoms with E-state index in [-0.39, 0.29) is 0 Å². The molecule has 0 bridgehead atoms. The molecule has 0 heterocycles. The maximum Gasteiger partial charge on any atom is 0.317 e. The van der Waals surface area contributed by atoms with Crippen LogP contribution in [0.5, 0.6) is 0 Å². The number of unbranched alkanes of at least 4 members (excludes halogenated alkanes) is 11. The molecule has 0 saturated heterocycles. The van der Waals surface area contributed by atoms with E-state index in [0.717, 1.165) is 44.9 Å². The van der Waals surface area contributed by atoms with Gasteiger partial charge < -0.3 is 9.84 Å². The van der Waals surface area contributed by atoms with Crippen molar-refractivity contribution >= 4 is 11.9 Å². The highest BCUT2D eigenvalue weighted by molar-refractivity contribution is 5.90. The Labute approximate surface area is 161 Å². The predicted molar refractivity (Wildman–Crippen MR) is 107 cm³/mol. The van der Waals surface area contributed by atoms with Gasteiger partial charge in [0.2, 0.25) is 0 Å². The second-order valence-corrected chi connectivity index (χ2v) is 7.88. The molecule has 0 aliphatic carbocycles. The molecule has 0 radical (unpaired) electrons. The Morgan fingerprint density at radius 3 is 1.58 bits per heavy atom. The maximum atomic E-state index is 11.8. The number of carboxylic acid groups (broad SMARTS) is 1. The summed E-state index contributed by atoms with van der Waals surface area (Å²) in [5.74, 6) is -1.73. The first-order valence-corrected chi connectivity index (χ1v) is 10.9. The van der Waals surface area contributed by atoms with Crippen LogP contribution in [-0.2, 0) is 14.3 Å². The third-order valence-electron chi connectivity index (χ3n) is 5.02. The molecule has 154 valence electrons. The Hall–Kier alpha value is -1.06. The Bertz CT molecular complexity index is 367. The molecule has 0 aromatic carbocycles. The van der Waals surface area contributed by atoms with Crippen molar-refractivity contribution in [2.45, 2.75) is 129 Å². The van der Waals surface area contributed by atoms with Crippen LogP contribution in [0.4, 0.5) is 0 Å². The number of ether oxygens (including phenoxy) is 1. The normalized spacial score (nSPS) is 13.3. The molecule has 0 amide bonds. The summed E-state index contributed by atoms with van der Waals surface area (Å²) in [7, 11) is 0. The Kier molecular flexibility index (Phi) is 15.5. The SMILES string of the molecule is CCCCCCCCCCCCC(C)(CCCCC)OC(=O)CC(=O)O. The van der Waals surface area contributed by atoms with Crippen LogP contribution in [0.25, 0.3) is 0 Å². The molecule has 0 aromatic rings. The minimum atomic E-state index is -1.12. The average molecular weight is 371 g/mol. The smallest absolute Gasteiger partial charge is 0.317 e. The van der Waals surface area contributed by atoms with Gasteiger partial charge in [-0.25, -0.2) is 0 Å². The summed E-state index contributed by atoms with van der Waals surface area (Å²) in [5, 5.41) is 8.76. The Balaban J connectivity index is 4.02. The van der Waals surface area contributed by atoms with Crippen molar-refractivity contribution in [2.24, 2.45) is 0 Å². The molecular formula is C22H42O4. The summed E-state index contributed by atoms with van der Waals surface area (Å²) in [6.45, 7) is 6.36. The van der Waals surface area contributed by atoms with Crippen molar-refractivity contribution in [3.8, 4) is 0 Å². The quantitative estimate of drug-likeness (QED) is 0.166. The van der Waals surface area contributed by atoms with E-state index in [1.54, 1.807) is 0 Å². The molecule has 4 heteroatoms. The van der Waals surface area contributed by atoms with Crippen molar-refractivity contribution < 1.29 is 19.4 Å². The molecule has 0 fully saturated rings. The fourth-order valence-corrected chi connectivity index (χ4v) is 3.40. The molecule has 26 heavy (non-hydrogen) atoms. The van der Waals surface area contributed by atoms with Gasteiger partial charge in [0, 0.05) is 0 Å². The zero-order valence-electron chi connectivity index (χ0n) is 17.5. The van der Waals surface area contributed by atoms with E-state index in [4.69, 9.17) is 9.84 Å². The van der Waals surface area contributed by atoms with E-state index in [9.17, 15) is 9.59 Å². The third kappa shape index (κ3) is 15.2. The molecule has 1 atom stereocenters. The van der Waals surface area contributed by atoms with Gasteiger partial charge in [0.25, 0.3) is 0 Å². The Morgan fingerprint density at radius 2 is 1.12 bits per heavy atom. The van der Waals surface area contributed by atoms with Crippen molar-refractivity contribution in [1.82, 2.24) is 0 Å². The largest absolute Gasteiger partial charge is 0.481 e. The Morgan fingerprint density at radius 1 is 0.731 bits per heavy atom. The van der Waals surface area contributed by atoms with E-state index in [1.165, 1.54) is 51.4 Å². The van der Waals surface area contributed by atoms with Crippen LogP contribution in [0, 0.1) is 0 Å². The lowest BCUT2D eigenvalue weighted by molar-refractivity contribution is -0.163. The summed E-state index contributed by atoms with van der Waals surface area (Å²) in [5.41, 5.74) is -0.512. The van der Waals surface area contributed by atoms with E-state index in [1.807, 2.05) is 6.92 Å². The van der Waals surface area contributed by atoms with Crippen molar-refractivity contribution in [2.75, 3.05) is 0 Å². The lowest BCUT2D eigenvalue weighted by Gasteiger charge is -2.30. The third-order valence-corrected chi connectivity index (χ3v) is 5.02. The fraction of sp³-hybridized carbons (Fsp3) is 0.909. The minimum Gasteiger partial charge on any atom is -0.481 e. The standard InChI is InChI=1S/C22H42O4/c1-4-6-8-9-10-11-12-13-14-16-18-22(3,17-15-7-5-2)26-21(25)19-20(23)24/h4-19H2,1-3H3,(H,23,24). The van der Waals surface area contributed by atoms with Crippen LogP contribution in [0.1, 0.15) is 124 Å². The zero-order valence-corrected chi connectivity index (χ0v) is 17.5. The molecule has 0 saturated carbocycles. The zero-order chi connectivity index (χ0) is 19.7. The van der Waals surface area contributed by atoms with Crippen LogP contribution in [0.3, 0.4) is 0 Å². The highest BCUT2D eigenvalue weighted by atomic mass is 16.6. The van der Waals surface area contributed by atoms with Crippen molar-refractivity contribution in [1.29, 1.82) is 0 Å². The highest BCUT2D eigenvalue weighted by Crippen LogP contribution is 2.27. The van der Waals surface area contributed by atoms with E-state index in [0.29, 0.717) is 0 Å². The second kappa shape index (κ2) is 16.1. The number of aliphatic carboxylic acids is 1. The average Bonchev–Trinajstić information content (AvgIpc) is 2.56. The van der Waals surface area contributed by atoms with Gasteiger partial charge in [0.15, 0.2) is 0 Å². The first-order chi connectivity index (χ1) is 12.4. The fourth-order valence-electron chi connectivity index (χ4n) is 3.40. The first kappa shape index (κ1) is 24.9. The summed E-state index contributed by atoms with van der Waals surface area (Å²) in [6, 6.07) is 0. The van der Waals surface area contributed by atoms with Gasteiger partial charge in [0.05, 0.1) is 0 Å². The molecule has 1 N–H and O–H groups in total. The number of hydrogen-bond donors (Lipinski definition) is 1. The van der Waals surface area contributed by atoms with Gasteiger partial charge in [-0.05, 0) is 32.6 Å². The number of carbonyl (C=O) groups excluding carboxylic acids is 1. The molecular weight excluding hydrogens is 328 g/mol. The summed E-state index contributed by atoms with van der Waals surface area (Å²) < 4.78 is 5.56. The number of carbonyl (C=O) groups is 2. The van der Waals surface area contributed by atoms with Crippen molar-refractivity contribution in [3.05, 3.63) is 0 Å². The van der Waals surface area contributed by atoms with Gasteiger partial charge in [-0.1, -0.05) is 84.5 Å². The van der Waals surface area contributed by atoms with E-state index < -0.39 is 24.0 Å². The maximum absolute atomic E-state index is 11.8. The van der Waals surface area contributed by atoms with Gasteiger partial charge >= 0.3 is 11.9 Å². The minimum absolute atomic E-state index is 0.512. The van der Waals surface area contributed by atoms with Gasteiger partial charge in [-0.3, -0.25) is 9.59 Å².